The lowest BCUT2D eigenvalue weighted by Gasteiger charge is -2.09. The maximum absolute atomic E-state index is 13.8. The third-order valence-corrected chi connectivity index (χ3v) is 5.51. The summed E-state index contributed by atoms with van der Waals surface area (Å²) in [5.74, 6) is -10.5. The number of nitrogens with one attached hydrogen (secondary N) is 1. The highest BCUT2D eigenvalue weighted by Crippen LogP contribution is 2.24. The summed E-state index contributed by atoms with van der Waals surface area (Å²) in [6.07, 6.45) is 1.87. The predicted octanol–water partition coefficient (Wildman–Crippen LogP) is 3.99. The summed E-state index contributed by atoms with van der Waals surface area (Å²) < 4.78 is 95.0. The summed E-state index contributed by atoms with van der Waals surface area (Å²) in [6.45, 7) is 1.12. The van der Waals surface area contributed by atoms with Gasteiger partial charge in [0.1, 0.15) is 0 Å². The first-order chi connectivity index (χ1) is 13.6. The summed E-state index contributed by atoms with van der Waals surface area (Å²) in [5.41, 5.74) is -0.148. The zero-order chi connectivity index (χ0) is 21.3. The van der Waals surface area contributed by atoms with Gasteiger partial charge in [-0.2, -0.15) is 5.10 Å². The fraction of sp³-hybridized carbons (Fsp3) is 0.167. The van der Waals surface area contributed by atoms with Gasteiger partial charge in [0.2, 0.25) is 5.82 Å². The summed E-state index contributed by atoms with van der Waals surface area (Å²) in [5, 5.41) is 3.77. The van der Waals surface area contributed by atoms with Gasteiger partial charge in [-0.25, -0.2) is 30.4 Å². The van der Waals surface area contributed by atoms with Crippen molar-refractivity contribution in [3.8, 4) is 0 Å². The van der Waals surface area contributed by atoms with Crippen molar-refractivity contribution in [2.24, 2.45) is 0 Å². The van der Waals surface area contributed by atoms with Crippen LogP contribution in [0.3, 0.4) is 0 Å². The SMILES string of the molecule is CCc1ccc(S(=O)(=O)Nc2ccn(Cc3c(F)c(F)c(F)c(F)c3F)n2)cc1. The summed E-state index contributed by atoms with van der Waals surface area (Å²) >= 11 is 0. The molecule has 0 saturated carbocycles. The van der Waals surface area contributed by atoms with Crippen LogP contribution in [0.1, 0.15) is 18.1 Å². The number of benzene rings is 2. The lowest BCUT2D eigenvalue weighted by molar-refractivity contribution is 0.367. The van der Waals surface area contributed by atoms with Gasteiger partial charge in [-0.3, -0.25) is 9.40 Å². The van der Waals surface area contributed by atoms with E-state index in [4.69, 9.17) is 0 Å². The molecule has 3 aromatic rings. The minimum absolute atomic E-state index is 0.0241. The van der Waals surface area contributed by atoms with Crippen LogP contribution in [-0.2, 0) is 23.0 Å². The van der Waals surface area contributed by atoms with E-state index in [0.29, 0.717) is 0 Å². The maximum atomic E-state index is 13.8. The average Bonchev–Trinajstić information content (AvgIpc) is 3.14. The number of aromatic nitrogens is 2. The normalized spacial score (nSPS) is 11.7. The zero-order valence-electron chi connectivity index (χ0n) is 14.9. The summed E-state index contributed by atoms with van der Waals surface area (Å²) in [6, 6.07) is 7.30. The highest BCUT2D eigenvalue weighted by atomic mass is 32.2. The van der Waals surface area contributed by atoms with Crippen LogP contribution >= 0.6 is 0 Å². The van der Waals surface area contributed by atoms with E-state index in [1.165, 1.54) is 18.2 Å². The first kappa shape index (κ1) is 20.8. The van der Waals surface area contributed by atoms with Crippen LogP contribution in [0.5, 0.6) is 0 Å². The molecular weight excluding hydrogens is 417 g/mol. The van der Waals surface area contributed by atoms with E-state index in [-0.39, 0.29) is 10.7 Å². The summed E-state index contributed by atoms with van der Waals surface area (Å²) in [7, 11) is -3.98. The van der Waals surface area contributed by atoms with Gasteiger partial charge in [0.15, 0.2) is 29.1 Å². The van der Waals surface area contributed by atoms with Crippen LogP contribution in [0.25, 0.3) is 0 Å². The van der Waals surface area contributed by atoms with Crippen molar-refractivity contribution < 1.29 is 30.4 Å². The number of rotatable bonds is 6. The minimum atomic E-state index is -3.98. The second-order valence-corrected chi connectivity index (χ2v) is 7.73. The van der Waals surface area contributed by atoms with Crippen LogP contribution in [0.2, 0.25) is 0 Å². The molecule has 0 aliphatic heterocycles. The molecule has 0 fully saturated rings. The Morgan fingerprint density at radius 3 is 2.00 bits per heavy atom. The lowest BCUT2D eigenvalue weighted by atomic mass is 10.1. The molecule has 0 amide bonds. The van der Waals surface area contributed by atoms with Gasteiger partial charge in [0.25, 0.3) is 10.0 Å². The third kappa shape index (κ3) is 4.09. The Hall–Kier alpha value is -2.95. The highest BCUT2D eigenvalue weighted by Gasteiger charge is 2.26. The van der Waals surface area contributed by atoms with Crippen molar-refractivity contribution in [1.29, 1.82) is 0 Å². The third-order valence-electron chi connectivity index (χ3n) is 4.14. The van der Waals surface area contributed by atoms with Crippen LogP contribution in [0.15, 0.2) is 41.4 Å². The fourth-order valence-corrected chi connectivity index (χ4v) is 3.55. The van der Waals surface area contributed by atoms with Crippen LogP contribution < -0.4 is 4.72 Å². The van der Waals surface area contributed by atoms with Crippen LogP contribution in [-0.4, -0.2) is 18.2 Å². The molecule has 11 heteroatoms. The number of sulfonamides is 1. The molecular formula is C18H14F5N3O2S. The molecule has 0 saturated heterocycles. The second-order valence-electron chi connectivity index (χ2n) is 6.05. The first-order valence-corrected chi connectivity index (χ1v) is 9.78. The number of anilines is 1. The Bertz CT molecular complexity index is 1130. The molecule has 0 atom stereocenters. The van der Waals surface area contributed by atoms with E-state index in [9.17, 15) is 30.4 Å². The van der Waals surface area contributed by atoms with Crippen molar-refractivity contribution in [1.82, 2.24) is 9.78 Å². The van der Waals surface area contributed by atoms with E-state index in [0.717, 1.165) is 22.9 Å². The first-order valence-electron chi connectivity index (χ1n) is 8.29. The van der Waals surface area contributed by atoms with Gasteiger partial charge in [-0.05, 0) is 24.1 Å². The Morgan fingerprint density at radius 2 is 1.45 bits per heavy atom. The quantitative estimate of drug-likeness (QED) is 0.365. The number of aryl methyl sites for hydroxylation is 1. The Kier molecular flexibility index (Phi) is 5.60. The molecule has 1 N–H and O–H groups in total. The minimum Gasteiger partial charge on any atom is -0.266 e. The molecule has 0 unspecified atom stereocenters. The van der Waals surface area contributed by atoms with Crippen molar-refractivity contribution in [3.63, 3.8) is 0 Å². The van der Waals surface area contributed by atoms with Gasteiger partial charge in [-0.1, -0.05) is 19.1 Å². The van der Waals surface area contributed by atoms with E-state index >= 15 is 0 Å². The second kappa shape index (κ2) is 7.82. The molecule has 2 aromatic carbocycles. The van der Waals surface area contributed by atoms with Gasteiger partial charge < -0.3 is 0 Å². The molecule has 5 nitrogen and oxygen atoms in total. The van der Waals surface area contributed by atoms with Crippen LogP contribution in [0, 0.1) is 29.1 Å². The molecule has 0 radical (unpaired) electrons. The molecule has 0 aliphatic carbocycles. The highest BCUT2D eigenvalue weighted by molar-refractivity contribution is 7.92. The molecule has 3 rings (SSSR count). The smallest absolute Gasteiger partial charge is 0.263 e. The Labute approximate surface area is 162 Å². The van der Waals surface area contributed by atoms with E-state index in [1.54, 1.807) is 12.1 Å². The zero-order valence-corrected chi connectivity index (χ0v) is 15.7. The lowest BCUT2D eigenvalue weighted by Crippen LogP contribution is -2.14. The van der Waals surface area contributed by atoms with Gasteiger partial charge >= 0.3 is 0 Å². The van der Waals surface area contributed by atoms with Gasteiger partial charge in [0, 0.05) is 12.3 Å². The van der Waals surface area contributed by atoms with E-state index in [1.807, 2.05) is 6.92 Å². The predicted molar refractivity (Wildman–Crippen MR) is 94.2 cm³/mol. The van der Waals surface area contributed by atoms with Gasteiger partial charge in [0.05, 0.1) is 17.0 Å². The van der Waals surface area contributed by atoms with Crippen molar-refractivity contribution in [3.05, 3.63) is 76.7 Å². The molecule has 1 aromatic heterocycles. The van der Waals surface area contributed by atoms with Crippen LogP contribution in [0.4, 0.5) is 27.8 Å². The molecule has 0 aliphatic rings. The van der Waals surface area contributed by atoms with Crippen molar-refractivity contribution in [2.75, 3.05) is 4.72 Å². The average molecular weight is 431 g/mol. The Balaban J connectivity index is 1.83. The molecule has 29 heavy (non-hydrogen) atoms. The molecule has 0 bridgehead atoms. The maximum Gasteiger partial charge on any atom is 0.263 e. The molecule has 154 valence electrons. The fourth-order valence-electron chi connectivity index (χ4n) is 2.56. The van der Waals surface area contributed by atoms with E-state index in [2.05, 4.69) is 9.82 Å². The molecule has 1 heterocycles. The van der Waals surface area contributed by atoms with E-state index < -0.39 is 51.2 Å². The number of hydrogen-bond acceptors (Lipinski definition) is 3. The topological polar surface area (TPSA) is 64.0 Å². The monoisotopic (exact) mass is 431 g/mol. The Morgan fingerprint density at radius 1 is 0.897 bits per heavy atom. The van der Waals surface area contributed by atoms with Gasteiger partial charge in [-0.15, -0.1) is 0 Å². The molecule has 0 spiro atoms. The number of hydrogen-bond donors (Lipinski definition) is 1. The van der Waals surface area contributed by atoms with Crippen molar-refractivity contribution in [2.45, 2.75) is 24.8 Å². The standard InChI is InChI=1S/C18H14F5N3O2S/c1-2-10-3-5-11(6-4-10)29(27,28)25-13-7-8-26(24-13)9-12-14(19)16(21)18(23)17(22)15(12)20/h3-8H,2,9H2,1H3,(H,24,25). The number of nitrogens with zero attached hydrogens (tertiary/aromatic N) is 2. The van der Waals surface area contributed by atoms with Crippen molar-refractivity contribution >= 4 is 15.8 Å². The largest absolute Gasteiger partial charge is 0.266 e. The number of halogens is 5. The summed E-state index contributed by atoms with van der Waals surface area (Å²) in [4.78, 5) is -0.0241.